The van der Waals surface area contributed by atoms with Crippen molar-refractivity contribution in [2.45, 2.75) is 78.5 Å². The Kier molecular flexibility index (Phi) is 14.2. The van der Waals surface area contributed by atoms with Crippen molar-refractivity contribution < 1.29 is 28.6 Å². The van der Waals surface area contributed by atoms with Gasteiger partial charge < -0.3 is 28.5 Å². The number of nitrogens with zero attached hydrogens (tertiary/aromatic N) is 8. The molecule has 0 aliphatic carbocycles. The standard InChI is InChI=1S/C37H47N8O7P/c1-25(2)44(26(3)4)53(51-18-8-15-38)52-20-19-50-37-31-10-7-17-43-16-6-9-27(36(31)43)21-34(37)42-41-33-22-28(24-46)32(23-35(33)49-5)40-39-29-11-13-30(14-12-29)45(47)48/h11-14,21-23,25-26,46H,6-10,16-20,24H2,1-5H3/b40-39+,42-41+. The zero-order chi connectivity index (χ0) is 37.9. The van der Waals surface area contributed by atoms with Crippen molar-refractivity contribution in [1.82, 2.24) is 4.67 Å². The summed E-state index contributed by atoms with van der Waals surface area (Å²) in [6.07, 6.45) is 4.12. The van der Waals surface area contributed by atoms with Crippen LogP contribution in [0.5, 0.6) is 11.5 Å². The second-order valence-corrected chi connectivity index (χ2v) is 14.6. The van der Waals surface area contributed by atoms with Crippen LogP contribution in [-0.2, 0) is 28.5 Å². The van der Waals surface area contributed by atoms with Gasteiger partial charge in [-0.05, 0) is 83.2 Å². The lowest BCUT2D eigenvalue weighted by molar-refractivity contribution is -0.384. The summed E-state index contributed by atoms with van der Waals surface area (Å²) in [4.78, 5) is 12.9. The van der Waals surface area contributed by atoms with E-state index in [2.05, 4.69) is 64.7 Å². The maximum atomic E-state index is 11.0. The fourth-order valence-electron chi connectivity index (χ4n) is 6.54. The molecule has 3 aromatic rings. The number of methoxy groups -OCH3 is 1. The summed E-state index contributed by atoms with van der Waals surface area (Å²) in [5.74, 6) is 1.03. The van der Waals surface area contributed by atoms with Crippen LogP contribution in [0.4, 0.5) is 34.1 Å². The Morgan fingerprint density at radius 1 is 0.943 bits per heavy atom. The molecule has 1 unspecified atom stereocenters. The summed E-state index contributed by atoms with van der Waals surface area (Å²) >= 11 is 0. The lowest BCUT2D eigenvalue weighted by Crippen LogP contribution is -2.34. The van der Waals surface area contributed by atoms with Gasteiger partial charge in [-0.15, -0.1) is 10.2 Å². The zero-order valence-electron chi connectivity index (χ0n) is 30.9. The number of benzene rings is 3. The fraction of sp³-hybridized carbons (Fsp3) is 0.486. The Balaban J connectivity index is 1.42. The van der Waals surface area contributed by atoms with Gasteiger partial charge in [0.25, 0.3) is 14.2 Å². The van der Waals surface area contributed by atoms with Crippen molar-refractivity contribution in [1.29, 1.82) is 5.26 Å². The van der Waals surface area contributed by atoms with Crippen LogP contribution in [0, 0.1) is 21.4 Å². The summed E-state index contributed by atoms with van der Waals surface area (Å²) in [7, 11) is 0.0992. The molecule has 53 heavy (non-hydrogen) atoms. The second kappa shape index (κ2) is 19.0. The van der Waals surface area contributed by atoms with Crippen LogP contribution in [0.3, 0.4) is 0 Å². The molecular formula is C37H47N8O7P. The average molecular weight is 747 g/mol. The van der Waals surface area contributed by atoms with Crippen molar-refractivity contribution in [3.8, 4) is 17.6 Å². The van der Waals surface area contributed by atoms with Crippen molar-refractivity contribution in [3.63, 3.8) is 0 Å². The number of azo groups is 2. The highest BCUT2D eigenvalue weighted by Crippen LogP contribution is 2.48. The second-order valence-electron chi connectivity index (χ2n) is 13.1. The molecule has 2 aliphatic rings. The number of non-ortho nitro benzene ring substituents is 1. The number of nitriles is 1. The number of nitro groups is 1. The summed E-state index contributed by atoms with van der Waals surface area (Å²) in [6, 6.07) is 13.5. The molecule has 16 heteroatoms. The molecule has 1 atom stereocenters. The third-order valence-electron chi connectivity index (χ3n) is 8.80. The summed E-state index contributed by atoms with van der Waals surface area (Å²) in [5, 5.41) is 48.1. The summed E-state index contributed by atoms with van der Waals surface area (Å²) in [5.41, 5.74) is 5.70. The molecule has 0 bridgehead atoms. The van der Waals surface area contributed by atoms with Gasteiger partial charge in [0.15, 0.2) is 5.75 Å². The van der Waals surface area contributed by atoms with E-state index in [1.807, 2.05) is 0 Å². The van der Waals surface area contributed by atoms with E-state index in [4.69, 9.17) is 28.9 Å². The molecular weight excluding hydrogens is 699 g/mol. The number of anilines is 1. The first-order chi connectivity index (χ1) is 25.6. The van der Waals surface area contributed by atoms with Gasteiger partial charge in [-0.2, -0.15) is 15.5 Å². The first-order valence-electron chi connectivity index (χ1n) is 17.8. The van der Waals surface area contributed by atoms with Gasteiger partial charge in [0.2, 0.25) is 0 Å². The van der Waals surface area contributed by atoms with E-state index >= 15 is 0 Å². The Bertz CT molecular complexity index is 1820. The van der Waals surface area contributed by atoms with Crippen molar-refractivity contribution in [2.24, 2.45) is 20.5 Å². The van der Waals surface area contributed by atoms with Crippen LogP contribution < -0.4 is 14.4 Å². The highest BCUT2D eigenvalue weighted by atomic mass is 31.2. The Morgan fingerprint density at radius 2 is 1.62 bits per heavy atom. The van der Waals surface area contributed by atoms with E-state index in [1.54, 1.807) is 12.1 Å². The smallest absolute Gasteiger partial charge is 0.269 e. The van der Waals surface area contributed by atoms with E-state index in [9.17, 15) is 15.2 Å². The molecule has 2 aliphatic heterocycles. The van der Waals surface area contributed by atoms with Crippen molar-refractivity contribution in [2.75, 3.05) is 44.9 Å². The summed E-state index contributed by atoms with van der Waals surface area (Å²) in [6.45, 7) is 10.9. The molecule has 5 rings (SSSR count). The minimum Gasteiger partial charge on any atom is -0.494 e. The number of aryl methyl sites for hydroxylation is 1. The fourth-order valence-corrected chi connectivity index (χ4v) is 8.12. The SMILES string of the molecule is COc1cc(/N=N/c2ccc([N+](=O)[O-])cc2)c(CO)cc1/N=N/c1cc2c3c(c1OCCOP(OCCC#N)N(C(C)C)C(C)C)CCCN3CCC2. The number of hydrogen-bond acceptors (Lipinski definition) is 14. The lowest BCUT2D eigenvalue weighted by atomic mass is 9.90. The highest BCUT2D eigenvalue weighted by Gasteiger charge is 2.30. The molecule has 1 N–H and O–H groups in total. The van der Waals surface area contributed by atoms with Crippen LogP contribution in [0.25, 0.3) is 0 Å². The van der Waals surface area contributed by atoms with Crippen LogP contribution in [-0.4, -0.2) is 66.8 Å². The molecule has 0 amide bonds. The minimum atomic E-state index is -1.41. The Hall–Kier alpha value is -4.58. The van der Waals surface area contributed by atoms with Crippen LogP contribution in [0.15, 0.2) is 62.9 Å². The molecule has 15 nitrogen and oxygen atoms in total. The quantitative estimate of drug-likeness (QED) is 0.0433. The highest BCUT2D eigenvalue weighted by molar-refractivity contribution is 7.44. The van der Waals surface area contributed by atoms with E-state index in [0.29, 0.717) is 46.4 Å². The third kappa shape index (κ3) is 9.90. The molecule has 282 valence electrons. The average Bonchev–Trinajstić information content (AvgIpc) is 3.15. The van der Waals surface area contributed by atoms with Crippen LogP contribution in [0.2, 0.25) is 0 Å². The van der Waals surface area contributed by atoms with Gasteiger partial charge in [0.1, 0.15) is 23.7 Å². The molecule has 0 saturated heterocycles. The third-order valence-corrected chi connectivity index (χ3v) is 10.9. The Morgan fingerprint density at radius 3 is 2.28 bits per heavy atom. The molecule has 2 heterocycles. The van der Waals surface area contributed by atoms with E-state index in [1.165, 1.54) is 42.6 Å². The van der Waals surface area contributed by atoms with Gasteiger partial charge >= 0.3 is 0 Å². The number of rotatable bonds is 18. The minimum absolute atomic E-state index is 0.0503. The summed E-state index contributed by atoms with van der Waals surface area (Å²) < 4.78 is 26.7. The number of aliphatic hydroxyl groups is 1. The predicted octanol–water partition coefficient (Wildman–Crippen LogP) is 9.30. The largest absolute Gasteiger partial charge is 0.494 e. The lowest BCUT2D eigenvalue weighted by Gasteiger charge is -2.38. The molecule has 3 aromatic carbocycles. The van der Waals surface area contributed by atoms with Gasteiger partial charge in [-0.3, -0.25) is 10.1 Å². The first kappa shape index (κ1) is 39.6. The maximum absolute atomic E-state index is 11.0. The Labute approximate surface area is 311 Å². The van der Waals surface area contributed by atoms with E-state index < -0.39 is 13.4 Å². The molecule has 0 fully saturated rings. The normalized spacial score (nSPS) is 14.7. The van der Waals surface area contributed by atoms with Gasteiger partial charge in [0.05, 0.1) is 55.7 Å². The van der Waals surface area contributed by atoms with Crippen molar-refractivity contribution >= 4 is 42.7 Å². The molecule has 0 saturated carbocycles. The number of hydrogen-bond donors (Lipinski definition) is 1. The van der Waals surface area contributed by atoms with Gasteiger partial charge in [0, 0.05) is 60.2 Å². The topological polar surface area (TPSA) is 180 Å². The number of ether oxygens (including phenoxy) is 2. The molecule has 0 spiro atoms. The number of nitro benzene ring substituents is 1. The van der Waals surface area contributed by atoms with Gasteiger partial charge in [-0.1, -0.05) is 0 Å². The number of aliphatic hydroxyl groups excluding tert-OH is 1. The zero-order valence-corrected chi connectivity index (χ0v) is 31.8. The van der Waals surface area contributed by atoms with Crippen molar-refractivity contribution in [3.05, 3.63) is 69.3 Å². The van der Waals surface area contributed by atoms with E-state index in [-0.39, 0.29) is 44.0 Å². The van der Waals surface area contributed by atoms with Crippen LogP contribution >= 0.6 is 8.53 Å². The molecule has 0 radical (unpaired) electrons. The maximum Gasteiger partial charge on any atom is 0.269 e. The van der Waals surface area contributed by atoms with E-state index in [0.717, 1.165) is 44.3 Å². The predicted molar refractivity (Wildman–Crippen MR) is 202 cm³/mol. The van der Waals surface area contributed by atoms with Gasteiger partial charge in [-0.25, -0.2) is 4.67 Å². The first-order valence-corrected chi connectivity index (χ1v) is 19.0. The van der Waals surface area contributed by atoms with Crippen LogP contribution in [0.1, 0.15) is 63.6 Å². The molecule has 0 aromatic heterocycles. The monoisotopic (exact) mass is 746 g/mol.